The quantitative estimate of drug-likeness (QED) is 0.391. The normalized spacial score (nSPS) is 24.0. The van der Waals surface area contributed by atoms with Crippen LogP contribution in [0.5, 0.6) is 0 Å². The van der Waals surface area contributed by atoms with Gasteiger partial charge in [0.2, 0.25) is 0 Å². The number of ether oxygens (including phenoxy) is 1. The van der Waals surface area contributed by atoms with E-state index in [0.717, 1.165) is 43.8 Å². The van der Waals surface area contributed by atoms with Crippen LogP contribution in [-0.2, 0) is 11.3 Å². The Balaban J connectivity index is 0.00000243. The van der Waals surface area contributed by atoms with Gasteiger partial charge in [-0.25, -0.2) is 4.98 Å². The molecule has 0 radical (unpaired) electrons. The van der Waals surface area contributed by atoms with Crippen LogP contribution in [0.25, 0.3) is 0 Å². The number of guanidine groups is 1. The van der Waals surface area contributed by atoms with E-state index in [1.165, 1.54) is 36.3 Å². The highest BCUT2D eigenvalue weighted by molar-refractivity contribution is 14.0. The zero-order valence-electron chi connectivity index (χ0n) is 16.5. The minimum atomic E-state index is 0. The molecule has 1 spiro atoms. The van der Waals surface area contributed by atoms with Crippen LogP contribution in [0.1, 0.15) is 61.0 Å². The number of hydrogen-bond donors (Lipinski definition) is 1. The Bertz CT molecular complexity index is 605. The van der Waals surface area contributed by atoms with E-state index in [1.54, 1.807) is 11.3 Å². The topological polar surface area (TPSA) is 49.8 Å². The summed E-state index contributed by atoms with van der Waals surface area (Å²) in [6.07, 6.45) is 4.97. The van der Waals surface area contributed by atoms with Gasteiger partial charge in [0.15, 0.2) is 5.96 Å². The van der Waals surface area contributed by atoms with Crippen molar-refractivity contribution in [3.05, 3.63) is 15.6 Å². The van der Waals surface area contributed by atoms with Gasteiger partial charge in [-0.05, 0) is 38.5 Å². The maximum atomic E-state index is 5.80. The molecule has 2 aliphatic rings. The van der Waals surface area contributed by atoms with Crippen molar-refractivity contribution >= 4 is 41.3 Å². The van der Waals surface area contributed by atoms with E-state index in [9.17, 15) is 0 Å². The molecule has 2 fully saturated rings. The predicted octanol–water partition coefficient (Wildman–Crippen LogP) is 4.16. The second kappa shape index (κ2) is 9.68. The van der Waals surface area contributed by atoms with Crippen molar-refractivity contribution in [3.63, 3.8) is 0 Å². The molecule has 1 unspecified atom stereocenters. The maximum Gasteiger partial charge on any atom is 0.194 e. The Morgan fingerprint density at radius 2 is 2.15 bits per heavy atom. The summed E-state index contributed by atoms with van der Waals surface area (Å²) in [6, 6.07) is 0. The van der Waals surface area contributed by atoms with Crippen LogP contribution < -0.4 is 5.32 Å². The van der Waals surface area contributed by atoms with Crippen molar-refractivity contribution in [2.45, 2.75) is 58.9 Å². The van der Waals surface area contributed by atoms with E-state index in [-0.39, 0.29) is 24.0 Å². The average molecular weight is 492 g/mol. The van der Waals surface area contributed by atoms with Gasteiger partial charge in [-0.3, -0.25) is 4.99 Å². The average Bonchev–Trinajstić information content (AvgIpc) is 2.97. The summed E-state index contributed by atoms with van der Waals surface area (Å²) in [4.78, 5) is 13.1. The van der Waals surface area contributed by atoms with Crippen molar-refractivity contribution in [2.75, 3.05) is 33.4 Å². The zero-order valence-corrected chi connectivity index (χ0v) is 19.7. The first-order valence-electron chi connectivity index (χ1n) is 9.52. The van der Waals surface area contributed by atoms with E-state index < -0.39 is 0 Å². The summed E-state index contributed by atoms with van der Waals surface area (Å²) in [5.41, 5.74) is 1.56. The van der Waals surface area contributed by atoms with E-state index in [4.69, 9.17) is 9.72 Å². The molecule has 2 saturated heterocycles. The fourth-order valence-corrected chi connectivity index (χ4v) is 5.21. The number of thiazole rings is 1. The van der Waals surface area contributed by atoms with Crippen molar-refractivity contribution in [2.24, 2.45) is 10.4 Å². The van der Waals surface area contributed by atoms with Crippen LogP contribution in [0.4, 0.5) is 0 Å². The van der Waals surface area contributed by atoms with E-state index in [0.29, 0.717) is 11.3 Å². The third-order valence-electron chi connectivity index (χ3n) is 5.40. The Labute approximate surface area is 179 Å². The molecule has 1 aromatic heterocycles. The Morgan fingerprint density at radius 1 is 1.38 bits per heavy atom. The highest BCUT2D eigenvalue weighted by Gasteiger charge is 2.38. The number of aromatic nitrogens is 1. The van der Waals surface area contributed by atoms with E-state index >= 15 is 0 Å². The molecule has 1 N–H and O–H groups in total. The molecule has 5 nitrogen and oxygen atoms in total. The monoisotopic (exact) mass is 492 g/mol. The maximum absolute atomic E-state index is 5.80. The van der Waals surface area contributed by atoms with Crippen molar-refractivity contribution in [1.29, 1.82) is 0 Å². The molecule has 0 saturated carbocycles. The summed E-state index contributed by atoms with van der Waals surface area (Å²) in [7, 11) is 1.88. The van der Waals surface area contributed by atoms with Gasteiger partial charge in [-0.2, -0.15) is 0 Å². The number of likely N-dealkylation sites (tertiary alicyclic amines) is 1. The van der Waals surface area contributed by atoms with Crippen LogP contribution in [0, 0.1) is 12.3 Å². The van der Waals surface area contributed by atoms with E-state index in [2.05, 4.69) is 36.0 Å². The Hall–Kier alpha value is -0.410. The Morgan fingerprint density at radius 3 is 2.77 bits per heavy atom. The highest BCUT2D eigenvalue weighted by atomic mass is 127. The summed E-state index contributed by atoms with van der Waals surface area (Å²) >= 11 is 1.80. The number of hydrogen-bond acceptors (Lipinski definition) is 4. The smallest absolute Gasteiger partial charge is 0.194 e. The highest BCUT2D eigenvalue weighted by Crippen LogP contribution is 2.37. The van der Waals surface area contributed by atoms with Crippen molar-refractivity contribution < 1.29 is 4.74 Å². The van der Waals surface area contributed by atoms with Crippen molar-refractivity contribution in [1.82, 2.24) is 15.2 Å². The molecule has 0 aliphatic carbocycles. The number of nitrogens with zero attached hydrogens (tertiary/aromatic N) is 3. The number of aliphatic imine (C=N–C) groups is 1. The molecule has 1 aromatic rings. The molecule has 3 heterocycles. The van der Waals surface area contributed by atoms with Crippen LogP contribution in [0.3, 0.4) is 0 Å². The predicted molar refractivity (Wildman–Crippen MR) is 120 cm³/mol. The first-order valence-corrected chi connectivity index (χ1v) is 10.3. The molecule has 148 valence electrons. The van der Waals surface area contributed by atoms with Crippen LogP contribution in [-0.4, -0.2) is 49.2 Å². The van der Waals surface area contributed by atoms with Gasteiger partial charge in [0.25, 0.3) is 0 Å². The SMILES string of the molecule is CN=C(NCc1nc(C(C)C)c(C)s1)N1CCCC2(CCCOC2)C1.I. The molecule has 7 heteroatoms. The number of rotatable bonds is 3. The summed E-state index contributed by atoms with van der Waals surface area (Å²) in [5.74, 6) is 1.49. The van der Waals surface area contributed by atoms with Gasteiger partial charge in [0.1, 0.15) is 5.01 Å². The summed E-state index contributed by atoms with van der Waals surface area (Å²) in [5, 5.41) is 4.69. The minimum Gasteiger partial charge on any atom is -0.381 e. The van der Waals surface area contributed by atoms with Gasteiger partial charge in [0, 0.05) is 37.0 Å². The summed E-state index contributed by atoms with van der Waals surface area (Å²) < 4.78 is 5.80. The van der Waals surface area contributed by atoms with Gasteiger partial charge in [0.05, 0.1) is 18.8 Å². The second-order valence-corrected chi connectivity index (χ2v) is 9.07. The third-order valence-corrected chi connectivity index (χ3v) is 6.38. The van der Waals surface area contributed by atoms with Crippen LogP contribution >= 0.6 is 35.3 Å². The molecule has 2 aliphatic heterocycles. The fourth-order valence-electron chi connectivity index (χ4n) is 4.18. The molecular formula is C19H33IN4OS. The van der Waals surface area contributed by atoms with E-state index in [1.807, 2.05) is 7.05 Å². The van der Waals surface area contributed by atoms with Gasteiger partial charge in [-0.1, -0.05) is 13.8 Å². The first-order chi connectivity index (χ1) is 12.0. The fraction of sp³-hybridized carbons (Fsp3) is 0.789. The molecule has 3 rings (SSSR count). The lowest BCUT2D eigenvalue weighted by molar-refractivity contribution is -0.0370. The van der Waals surface area contributed by atoms with Crippen LogP contribution in [0.15, 0.2) is 4.99 Å². The number of piperidine rings is 1. The molecule has 0 bridgehead atoms. The third kappa shape index (κ3) is 5.10. The summed E-state index contributed by atoms with van der Waals surface area (Å²) in [6.45, 7) is 11.3. The Kier molecular flexibility index (Phi) is 8.15. The number of nitrogens with one attached hydrogen (secondary N) is 1. The van der Waals surface area contributed by atoms with Gasteiger partial charge < -0.3 is 15.0 Å². The standard InChI is InChI=1S/C19H32N4OS.HI/c1-14(2)17-15(3)25-16(22-17)11-21-18(20-4)23-9-5-7-19(12-23)8-6-10-24-13-19;/h14H,5-13H2,1-4H3,(H,20,21);1H. The molecule has 0 amide bonds. The molecule has 0 aromatic carbocycles. The zero-order chi connectivity index (χ0) is 17.9. The lowest BCUT2D eigenvalue weighted by Crippen LogP contribution is -2.52. The number of aryl methyl sites for hydroxylation is 1. The molecule has 1 atom stereocenters. The van der Waals surface area contributed by atoms with Crippen LogP contribution in [0.2, 0.25) is 0 Å². The lowest BCUT2D eigenvalue weighted by atomic mass is 9.76. The largest absolute Gasteiger partial charge is 0.381 e. The second-order valence-electron chi connectivity index (χ2n) is 7.79. The van der Waals surface area contributed by atoms with Gasteiger partial charge in [-0.15, -0.1) is 35.3 Å². The number of halogens is 1. The lowest BCUT2D eigenvalue weighted by Gasteiger charge is -2.45. The molecular weight excluding hydrogens is 459 g/mol. The minimum absolute atomic E-state index is 0. The van der Waals surface area contributed by atoms with Crippen molar-refractivity contribution in [3.8, 4) is 0 Å². The van der Waals surface area contributed by atoms with Gasteiger partial charge >= 0.3 is 0 Å². The first kappa shape index (κ1) is 21.9. The molecule has 26 heavy (non-hydrogen) atoms.